The van der Waals surface area contributed by atoms with Crippen LogP contribution in [0, 0.1) is 0 Å². The van der Waals surface area contributed by atoms with Gasteiger partial charge in [-0.3, -0.25) is 4.79 Å². The highest BCUT2D eigenvalue weighted by atomic mass is 16.5. The van der Waals surface area contributed by atoms with E-state index in [0.717, 1.165) is 19.4 Å². The van der Waals surface area contributed by atoms with Gasteiger partial charge < -0.3 is 14.6 Å². The van der Waals surface area contributed by atoms with E-state index < -0.39 is 5.63 Å². The van der Waals surface area contributed by atoms with Gasteiger partial charge in [0, 0.05) is 20.2 Å². The smallest absolute Gasteiger partial charge is 0.366 e. The van der Waals surface area contributed by atoms with E-state index in [1.807, 2.05) is 18.2 Å². The van der Waals surface area contributed by atoms with Crippen LogP contribution in [0.4, 0.5) is 0 Å². The molecule has 1 fully saturated rings. The third kappa shape index (κ3) is 2.82. The topological polar surface area (TPSA) is 73.5 Å². The summed E-state index contributed by atoms with van der Waals surface area (Å²) in [7, 11) is 1.55. The first kappa shape index (κ1) is 14.6. The summed E-state index contributed by atoms with van der Waals surface area (Å²) >= 11 is 0. The van der Waals surface area contributed by atoms with Crippen LogP contribution in [0.15, 0.2) is 39.6 Å². The van der Waals surface area contributed by atoms with E-state index >= 15 is 0 Å². The molecule has 1 amide bonds. The third-order valence-corrected chi connectivity index (χ3v) is 3.77. The monoisotopic (exact) mass is 302 g/mol. The minimum atomic E-state index is -0.518. The van der Waals surface area contributed by atoms with Gasteiger partial charge >= 0.3 is 5.63 Å². The van der Waals surface area contributed by atoms with Crippen LogP contribution in [0.25, 0.3) is 11.1 Å². The molecule has 2 heterocycles. The largest absolute Gasteiger partial charge is 0.376 e. The summed E-state index contributed by atoms with van der Waals surface area (Å²) in [5.74, 6) is -0.331. The van der Waals surface area contributed by atoms with Gasteiger partial charge in [-0.2, -0.15) is 0 Å². The van der Waals surface area contributed by atoms with Gasteiger partial charge in [0.05, 0.1) is 6.10 Å². The second-order valence-corrected chi connectivity index (χ2v) is 5.31. The lowest BCUT2D eigenvalue weighted by Crippen LogP contribution is -2.33. The minimum absolute atomic E-state index is 0.0491. The number of aryl methyl sites for hydroxylation is 1. The number of carbonyl (C=O) groups is 1. The standard InChI is InChI=1S/C16H18N2O4/c1-18-14(15(19)17-10-12-8-5-9-21-12)13(16(20)22-18)11-6-3-2-4-7-11/h2-4,6-7,12H,5,8-10H2,1H3,(H,17,19). The average Bonchev–Trinajstić information content (AvgIpc) is 3.13. The number of nitrogens with zero attached hydrogens (tertiary/aromatic N) is 1. The SMILES string of the molecule is Cn1oc(=O)c(-c2ccccc2)c1C(=O)NCC1CCCO1. The Hall–Kier alpha value is -2.34. The van der Waals surface area contributed by atoms with E-state index in [1.54, 1.807) is 19.2 Å². The second kappa shape index (κ2) is 6.19. The van der Waals surface area contributed by atoms with Crippen molar-refractivity contribution in [2.24, 2.45) is 7.05 Å². The summed E-state index contributed by atoms with van der Waals surface area (Å²) in [6.07, 6.45) is 2.00. The third-order valence-electron chi connectivity index (χ3n) is 3.77. The first-order valence-corrected chi connectivity index (χ1v) is 7.32. The highest BCUT2D eigenvalue weighted by Gasteiger charge is 2.24. The molecular formula is C16H18N2O4. The quantitative estimate of drug-likeness (QED) is 0.930. The van der Waals surface area contributed by atoms with Crippen molar-refractivity contribution in [3.63, 3.8) is 0 Å². The van der Waals surface area contributed by atoms with Gasteiger partial charge in [-0.1, -0.05) is 30.3 Å². The molecule has 1 saturated heterocycles. The van der Waals surface area contributed by atoms with Gasteiger partial charge in [-0.15, -0.1) is 0 Å². The Balaban J connectivity index is 1.86. The van der Waals surface area contributed by atoms with Crippen molar-refractivity contribution in [1.29, 1.82) is 0 Å². The number of aromatic nitrogens is 1. The first-order valence-electron chi connectivity index (χ1n) is 7.32. The van der Waals surface area contributed by atoms with Crippen molar-refractivity contribution < 1.29 is 14.1 Å². The highest BCUT2D eigenvalue weighted by Crippen LogP contribution is 2.20. The second-order valence-electron chi connectivity index (χ2n) is 5.31. The Morgan fingerprint density at radius 2 is 2.14 bits per heavy atom. The summed E-state index contributed by atoms with van der Waals surface area (Å²) in [6.45, 7) is 1.17. The fourth-order valence-electron chi connectivity index (χ4n) is 2.68. The lowest BCUT2D eigenvalue weighted by Gasteiger charge is -2.11. The van der Waals surface area contributed by atoms with E-state index in [1.165, 1.54) is 4.74 Å². The molecule has 1 aromatic heterocycles. The number of hydrogen-bond donors (Lipinski definition) is 1. The van der Waals surface area contributed by atoms with Crippen molar-refractivity contribution in [2.75, 3.05) is 13.2 Å². The minimum Gasteiger partial charge on any atom is -0.376 e. The van der Waals surface area contributed by atoms with Crippen LogP contribution in [-0.4, -0.2) is 29.9 Å². The molecule has 22 heavy (non-hydrogen) atoms. The maximum absolute atomic E-state index is 12.4. The molecule has 1 N–H and O–H groups in total. The van der Waals surface area contributed by atoms with Crippen LogP contribution in [0.3, 0.4) is 0 Å². The zero-order chi connectivity index (χ0) is 15.5. The number of rotatable bonds is 4. The maximum Gasteiger partial charge on any atom is 0.366 e. The van der Waals surface area contributed by atoms with Gasteiger partial charge in [0.15, 0.2) is 5.69 Å². The molecule has 1 aliphatic rings. The van der Waals surface area contributed by atoms with E-state index in [9.17, 15) is 9.59 Å². The maximum atomic E-state index is 12.4. The number of hydrogen-bond acceptors (Lipinski definition) is 4. The average molecular weight is 302 g/mol. The fraction of sp³-hybridized carbons (Fsp3) is 0.375. The Morgan fingerprint density at radius 3 is 2.82 bits per heavy atom. The number of ether oxygens (including phenoxy) is 1. The molecule has 1 atom stereocenters. The molecule has 0 aliphatic carbocycles. The van der Waals surface area contributed by atoms with Crippen LogP contribution in [0.1, 0.15) is 23.3 Å². The van der Waals surface area contributed by atoms with E-state index in [-0.39, 0.29) is 23.3 Å². The number of benzene rings is 1. The molecule has 0 radical (unpaired) electrons. The number of carbonyl (C=O) groups excluding carboxylic acids is 1. The van der Waals surface area contributed by atoms with Crippen LogP contribution in [0.2, 0.25) is 0 Å². The Morgan fingerprint density at radius 1 is 1.36 bits per heavy atom. The predicted octanol–water partition coefficient (Wildman–Crippen LogP) is 1.55. The van der Waals surface area contributed by atoms with Crippen molar-refractivity contribution in [3.8, 4) is 11.1 Å². The lowest BCUT2D eigenvalue weighted by atomic mass is 10.1. The predicted molar refractivity (Wildman–Crippen MR) is 80.7 cm³/mol. The normalized spacial score (nSPS) is 17.6. The highest BCUT2D eigenvalue weighted by molar-refractivity contribution is 5.98. The number of amides is 1. The molecule has 3 rings (SSSR count). The Kier molecular flexibility index (Phi) is 4.11. The van der Waals surface area contributed by atoms with Gasteiger partial charge in [0.25, 0.3) is 5.91 Å². The van der Waals surface area contributed by atoms with E-state index in [2.05, 4.69) is 5.32 Å². The summed E-state index contributed by atoms with van der Waals surface area (Å²) in [5, 5.41) is 2.82. The molecule has 1 unspecified atom stereocenters. The van der Waals surface area contributed by atoms with Gasteiger partial charge in [-0.25, -0.2) is 9.53 Å². The molecule has 0 spiro atoms. The van der Waals surface area contributed by atoms with Crippen LogP contribution in [-0.2, 0) is 11.8 Å². The van der Waals surface area contributed by atoms with Crippen molar-refractivity contribution in [3.05, 3.63) is 46.4 Å². The van der Waals surface area contributed by atoms with Gasteiger partial charge in [0.1, 0.15) is 5.56 Å². The molecule has 6 nitrogen and oxygen atoms in total. The Labute approximate surface area is 127 Å². The molecule has 2 aromatic rings. The van der Waals surface area contributed by atoms with Gasteiger partial charge in [0.2, 0.25) is 0 Å². The van der Waals surface area contributed by atoms with E-state index in [4.69, 9.17) is 9.26 Å². The van der Waals surface area contributed by atoms with Crippen LogP contribution in [0.5, 0.6) is 0 Å². The first-order chi connectivity index (χ1) is 10.7. The summed E-state index contributed by atoms with van der Waals surface area (Å²) in [4.78, 5) is 24.5. The molecule has 116 valence electrons. The molecule has 1 aliphatic heterocycles. The van der Waals surface area contributed by atoms with E-state index in [0.29, 0.717) is 12.1 Å². The van der Waals surface area contributed by atoms with Crippen molar-refractivity contribution in [1.82, 2.24) is 10.1 Å². The summed E-state index contributed by atoms with van der Waals surface area (Å²) in [6, 6.07) is 9.04. The molecule has 0 saturated carbocycles. The molecular weight excluding hydrogens is 284 g/mol. The summed E-state index contributed by atoms with van der Waals surface area (Å²) < 4.78 is 11.8. The lowest BCUT2D eigenvalue weighted by molar-refractivity contribution is 0.0842. The zero-order valence-electron chi connectivity index (χ0n) is 12.4. The molecule has 0 bridgehead atoms. The van der Waals surface area contributed by atoms with Crippen LogP contribution < -0.4 is 10.9 Å². The number of nitrogens with one attached hydrogen (secondary N) is 1. The molecule has 6 heteroatoms. The zero-order valence-corrected chi connectivity index (χ0v) is 12.4. The van der Waals surface area contributed by atoms with Crippen molar-refractivity contribution >= 4 is 5.91 Å². The van der Waals surface area contributed by atoms with Gasteiger partial charge in [-0.05, 0) is 18.4 Å². The Bertz CT molecular complexity index is 711. The van der Waals surface area contributed by atoms with Crippen molar-refractivity contribution in [2.45, 2.75) is 18.9 Å². The molecule has 1 aromatic carbocycles. The summed E-state index contributed by atoms with van der Waals surface area (Å²) in [5.41, 5.74) is 0.664. The van der Waals surface area contributed by atoms with Crippen LogP contribution >= 0.6 is 0 Å². The fourth-order valence-corrected chi connectivity index (χ4v) is 2.68.